The van der Waals surface area contributed by atoms with Gasteiger partial charge in [-0.25, -0.2) is 4.98 Å². The molecule has 4 nitrogen and oxygen atoms in total. The van der Waals surface area contributed by atoms with Crippen LogP contribution in [0.4, 0.5) is 5.82 Å². The minimum atomic E-state index is 0.671. The van der Waals surface area contributed by atoms with E-state index in [1.165, 1.54) is 12.0 Å². The summed E-state index contributed by atoms with van der Waals surface area (Å²) < 4.78 is 2.03. The first kappa shape index (κ1) is 18.9. The van der Waals surface area contributed by atoms with Crippen LogP contribution >= 0.6 is 0 Å². The zero-order valence-electron chi connectivity index (χ0n) is 17.9. The van der Waals surface area contributed by atoms with Crippen LogP contribution in [0.25, 0.3) is 28.2 Å². The molecular weight excluding hydrogens is 368 g/mol. The van der Waals surface area contributed by atoms with Gasteiger partial charge >= 0.3 is 0 Å². The van der Waals surface area contributed by atoms with E-state index >= 15 is 0 Å². The fourth-order valence-corrected chi connectivity index (χ4v) is 4.66. The van der Waals surface area contributed by atoms with E-state index in [-0.39, 0.29) is 0 Å². The fraction of sp³-hybridized carbons (Fsp3) is 0.308. The van der Waals surface area contributed by atoms with Crippen molar-refractivity contribution in [2.45, 2.75) is 27.2 Å². The molecule has 0 bridgehead atoms. The highest BCUT2D eigenvalue weighted by Gasteiger charge is 2.25. The van der Waals surface area contributed by atoms with Gasteiger partial charge in [-0.3, -0.25) is 0 Å². The molecule has 2 aromatic carbocycles. The zero-order valence-corrected chi connectivity index (χ0v) is 17.9. The van der Waals surface area contributed by atoms with E-state index in [0.29, 0.717) is 11.8 Å². The largest absolute Gasteiger partial charge is 0.356 e. The van der Waals surface area contributed by atoms with Crippen molar-refractivity contribution in [3.63, 3.8) is 0 Å². The van der Waals surface area contributed by atoms with Gasteiger partial charge in [0.2, 0.25) is 0 Å². The number of piperidine rings is 1. The Balaban J connectivity index is 1.67. The van der Waals surface area contributed by atoms with E-state index < -0.39 is 0 Å². The van der Waals surface area contributed by atoms with Crippen molar-refractivity contribution >= 4 is 11.5 Å². The van der Waals surface area contributed by atoms with E-state index in [4.69, 9.17) is 10.1 Å². The summed E-state index contributed by atoms with van der Waals surface area (Å²) in [5.41, 5.74) is 6.37. The van der Waals surface area contributed by atoms with E-state index in [0.717, 1.165) is 47.1 Å². The minimum absolute atomic E-state index is 0.671. The molecule has 1 saturated heterocycles. The first-order chi connectivity index (χ1) is 14.6. The standard InChI is InChI=1S/C26H28N4/c1-18-9-11-22(12-10-18)24-14-25-27-23(21-7-5-4-6-8-21)15-26(30(25)28-24)29-16-19(2)13-20(3)17-29/h4-12,14-15,19-20H,13,16-17H2,1-3H3/t19-,20-/m1/s1. The number of fused-ring (bicyclic) bond motifs is 1. The lowest BCUT2D eigenvalue weighted by Crippen LogP contribution is -2.39. The third kappa shape index (κ3) is 3.58. The highest BCUT2D eigenvalue weighted by atomic mass is 15.4. The number of aryl methyl sites for hydroxylation is 1. The van der Waals surface area contributed by atoms with Crippen molar-refractivity contribution in [1.29, 1.82) is 0 Å². The quantitative estimate of drug-likeness (QED) is 0.435. The van der Waals surface area contributed by atoms with Gasteiger partial charge in [0.05, 0.1) is 11.4 Å². The monoisotopic (exact) mass is 396 g/mol. The molecule has 2 aromatic heterocycles. The summed E-state index contributed by atoms with van der Waals surface area (Å²) in [7, 11) is 0. The predicted octanol–water partition coefficient (Wildman–Crippen LogP) is 5.85. The van der Waals surface area contributed by atoms with Gasteiger partial charge in [0.15, 0.2) is 5.65 Å². The number of nitrogens with zero attached hydrogens (tertiary/aromatic N) is 4. The van der Waals surface area contributed by atoms with E-state index in [1.54, 1.807) is 0 Å². The maximum Gasteiger partial charge on any atom is 0.158 e. The summed E-state index contributed by atoms with van der Waals surface area (Å²) in [6, 6.07) is 23.3. The van der Waals surface area contributed by atoms with Gasteiger partial charge < -0.3 is 4.90 Å². The highest BCUT2D eigenvalue weighted by Crippen LogP contribution is 2.31. The van der Waals surface area contributed by atoms with Crippen molar-refractivity contribution in [1.82, 2.24) is 14.6 Å². The van der Waals surface area contributed by atoms with Crippen LogP contribution in [0.1, 0.15) is 25.8 Å². The Kier molecular flexibility index (Phi) is 4.78. The van der Waals surface area contributed by atoms with Crippen LogP contribution in [0.15, 0.2) is 66.7 Å². The summed E-state index contributed by atoms with van der Waals surface area (Å²) in [6.45, 7) is 8.91. The molecule has 0 N–H and O–H groups in total. The Morgan fingerprint density at radius 3 is 2.17 bits per heavy atom. The van der Waals surface area contributed by atoms with E-state index in [2.05, 4.69) is 86.3 Å². The van der Waals surface area contributed by atoms with Crippen LogP contribution in [0.3, 0.4) is 0 Å². The molecule has 5 rings (SSSR count). The number of rotatable bonds is 3. The lowest BCUT2D eigenvalue weighted by Gasteiger charge is -2.36. The first-order valence-electron chi connectivity index (χ1n) is 10.8. The molecule has 2 atom stereocenters. The SMILES string of the molecule is Cc1ccc(-c2cc3nc(-c4ccccc4)cc(N4C[C@H](C)C[C@@H](C)C4)n3n2)cc1. The van der Waals surface area contributed by atoms with Gasteiger partial charge in [0.1, 0.15) is 5.82 Å². The number of benzene rings is 2. The molecule has 1 aliphatic rings. The van der Waals surface area contributed by atoms with E-state index in [9.17, 15) is 0 Å². The zero-order chi connectivity index (χ0) is 20.7. The Morgan fingerprint density at radius 2 is 1.47 bits per heavy atom. The molecular formula is C26H28N4. The van der Waals surface area contributed by atoms with Crippen molar-refractivity contribution in [2.75, 3.05) is 18.0 Å². The molecule has 0 unspecified atom stereocenters. The van der Waals surface area contributed by atoms with Gasteiger partial charge in [-0.1, -0.05) is 74.0 Å². The van der Waals surface area contributed by atoms with Gasteiger partial charge in [0, 0.05) is 36.3 Å². The summed E-state index contributed by atoms with van der Waals surface area (Å²) in [4.78, 5) is 7.47. The molecule has 0 spiro atoms. The van der Waals surface area contributed by atoms with Gasteiger partial charge in [0.25, 0.3) is 0 Å². The third-order valence-corrected chi connectivity index (χ3v) is 6.02. The normalized spacial score (nSPS) is 19.4. The molecule has 1 fully saturated rings. The summed E-state index contributed by atoms with van der Waals surface area (Å²) in [5, 5.41) is 4.99. The second-order valence-corrected chi connectivity index (χ2v) is 8.88. The maximum absolute atomic E-state index is 4.99. The van der Waals surface area contributed by atoms with Crippen molar-refractivity contribution in [3.05, 3.63) is 72.3 Å². The van der Waals surface area contributed by atoms with Crippen LogP contribution in [0, 0.1) is 18.8 Å². The lowest BCUT2D eigenvalue weighted by molar-refractivity contribution is 0.354. The predicted molar refractivity (Wildman–Crippen MR) is 124 cm³/mol. The summed E-state index contributed by atoms with van der Waals surface area (Å²) >= 11 is 0. The number of hydrogen-bond donors (Lipinski definition) is 0. The van der Waals surface area contributed by atoms with Crippen LogP contribution in [-0.2, 0) is 0 Å². The van der Waals surface area contributed by atoms with Crippen LogP contribution in [0.5, 0.6) is 0 Å². The van der Waals surface area contributed by atoms with Crippen molar-refractivity contribution in [2.24, 2.45) is 11.8 Å². The molecule has 4 heteroatoms. The molecule has 0 radical (unpaired) electrons. The molecule has 1 aliphatic heterocycles. The average molecular weight is 397 g/mol. The fourth-order valence-electron chi connectivity index (χ4n) is 4.66. The second-order valence-electron chi connectivity index (χ2n) is 8.88. The molecule has 152 valence electrons. The van der Waals surface area contributed by atoms with Crippen molar-refractivity contribution in [3.8, 4) is 22.5 Å². The van der Waals surface area contributed by atoms with Crippen LogP contribution < -0.4 is 4.90 Å². The Bertz CT molecular complexity index is 1150. The molecule has 0 amide bonds. The van der Waals surface area contributed by atoms with Gasteiger partial charge in [-0.2, -0.15) is 9.61 Å². The molecule has 30 heavy (non-hydrogen) atoms. The summed E-state index contributed by atoms with van der Waals surface area (Å²) in [5.74, 6) is 2.48. The van der Waals surface area contributed by atoms with Gasteiger partial charge in [-0.15, -0.1) is 0 Å². The summed E-state index contributed by atoms with van der Waals surface area (Å²) in [6.07, 6.45) is 1.28. The first-order valence-corrected chi connectivity index (χ1v) is 10.8. The third-order valence-electron chi connectivity index (χ3n) is 6.02. The number of aromatic nitrogens is 3. The number of anilines is 1. The maximum atomic E-state index is 4.99. The molecule has 0 saturated carbocycles. The van der Waals surface area contributed by atoms with Crippen LogP contribution in [0.2, 0.25) is 0 Å². The molecule has 4 aromatic rings. The Labute approximate surface area is 178 Å². The van der Waals surface area contributed by atoms with Gasteiger partial charge in [-0.05, 0) is 25.2 Å². The number of hydrogen-bond acceptors (Lipinski definition) is 3. The lowest BCUT2D eigenvalue weighted by atomic mass is 9.92. The molecule has 3 heterocycles. The van der Waals surface area contributed by atoms with E-state index in [1.807, 2.05) is 10.6 Å². The van der Waals surface area contributed by atoms with Crippen LogP contribution in [-0.4, -0.2) is 27.7 Å². The smallest absolute Gasteiger partial charge is 0.158 e. The molecule has 0 aliphatic carbocycles. The topological polar surface area (TPSA) is 33.4 Å². The Morgan fingerprint density at radius 1 is 0.800 bits per heavy atom. The average Bonchev–Trinajstić information content (AvgIpc) is 3.17. The second kappa shape index (κ2) is 7.60. The highest BCUT2D eigenvalue weighted by molar-refractivity contribution is 5.71. The Hall–Kier alpha value is -3.14. The van der Waals surface area contributed by atoms with Crippen molar-refractivity contribution < 1.29 is 0 Å². The minimum Gasteiger partial charge on any atom is -0.356 e.